The fraction of sp³-hybridized carbons (Fsp3) is 0.421. The molecule has 1 aliphatic heterocycles. The molecule has 1 aromatic carbocycles. The molecule has 0 radical (unpaired) electrons. The molecule has 1 saturated heterocycles. The Balaban J connectivity index is 2.02. The van der Waals surface area contributed by atoms with Gasteiger partial charge >= 0.3 is 5.97 Å². The van der Waals surface area contributed by atoms with Crippen LogP contribution in [0.15, 0.2) is 35.7 Å². The van der Waals surface area contributed by atoms with Gasteiger partial charge in [-0.2, -0.15) is 0 Å². The Labute approximate surface area is 146 Å². The van der Waals surface area contributed by atoms with Gasteiger partial charge in [0.05, 0.1) is 13.2 Å². The maximum absolute atomic E-state index is 11.8. The summed E-state index contributed by atoms with van der Waals surface area (Å²) in [7, 11) is 1.65. The molecule has 1 aromatic heterocycles. The Bertz CT molecular complexity index is 695. The second-order valence-corrected chi connectivity index (χ2v) is 7.23. The Kier molecular flexibility index (Phi) is 5.21. The summed E-state index contributed by atoms with van der Waals surface area (Å²) in [5.41, 5.74) is 2.34. The van der Waals surface area contributed by atoms with Gasteiger partial charge in [0.1, 0.15) is 11.8 Å². The largest absolute Gasteiger partial charge is 0.497 e. The number of carboxylic acid groups (broad SMARTS) is 1. The molecule has 0 aliphatic carbocycles. The zero-order chi connectivity index (χ0) is 17.1. The second kappa shape index (κ2) is 7.36. The minimum Gasteiger partial charge on any atom is -0.497 e. The lowest BCUT2D eigenvalue weighted by molar-refractivity contribution is -0.145. The molecule has 128 valence electrons. The second-order valence-electron chi connectivity index (χ2n) is 6.29. The van der Waals surface area contributed by atoms with Gasteiger partial charge in [-0.05, 0) is 61.0 Å². The highest BCUT2D eigenvalue weighted by molar-refractivity contribution is 7.10. The summed E-state index contributed by atoms with van der Waals surface area (Å²) in [6.45, 7) is 2.89. The van der Waals surface area contributed by atoms with E-state index < -0.39 is 12.0 Å². The van der Waals surface area contributed by atoms with Gasteiger partial charge in [-0.15, -0.1) is 11.3 Å². The van der Waals surface area contributed by atoms with Gasteiger partial charge in [0.25, 0.3) is 0 Å². The van der Waals surface area contributed by atoms with Gasteiger partial charge in [0, 0.05) is 4.88 Å². The number of methoxy groups -OCH3 is 1. The van der Waals surface area contributed by atoms with Crippen molar-refractivity contribution in [3.05, 3.63) is 51.7 Å². The van der Waals surface area contributed by atoms with Gasteiger partial charge < -0.3 is 9.84 Å². The van der Waals surface area contributed by atoms with Gasteiger partial charge in [0.15, 0.2) is 0 Å². The van der Waals surface area contributed by atoms with Crippen LogP contribution in [-0.2, 0) is 4.79 Å². The third kappa shape index (κ3) is 3.47. The number of hydrogen-bond acceptors (Lipinski definition) is 4. The summed E-state index contributed by atoms with van der Waals surface area (Å²) in [5.74, 6) is 0.0924. The van der Waals surface area contributed by atoms with E-state index in [0.29, 0.717) is 6.42 Å². The van der Waals surface area contributed by atoms with E-state index in [9.17, 15) is 9.90 Å². The molecule has 4 nitrogen and oxygen atoms in total. The highest BCUT2D eigenvalue weighted by atomic mass is 32.1. The van der Waals surface area contributed by atoms with Crippen LogP contribution in [0.5, 0.6) is 5.75 Å². The zero-order valence-electron chi connectivity index (χ0n) is 14.1. The Hall–Kier alpha value is -1.85. The van der Waals surface area contributed by atoms with E-state index in [1.807, 2.05) is 24.3 Å². The number of rotatable bonds is 5. The first-order chi connectivity index (χ1) is 11.6. The molecular formula is C19H23NO3S. The molecule has 3 rings (SSSR count). The van der Waals surface area contributed by atoms with Crippen LogP contribution in [-0.4, -0.2) is 35.7 Å². The zero-order valence-corrected chi connectivity index (χ0v) is 14.9. The normalized spacial score (nSPS) is 19.8. The van der Waals surface area contributed by atoms with E-state index in [1.54, 1.807) is 18.4 Å². The molecule has 2 atom stereocenters. The van der Waals surface area contributed by atoms with Crippen molar-refractivity contribution in [3.8, 4) is 5.75 Å². The minimum atomic E-state index is -0.721. The number of piperidine rings is 1. The van der Waals surface area contributed by atoms with Crippen LogP contribution in [0.2, 0.25) is 0 Å². The van der Waals surface area contributed by atoms with Crippen LogP contribution in [0.4, 0.5) is 0 Å². The van der Waals surface area contributed by atoms with Crippen LogP contribution in [0.3, 0.4) is 0 Å². The maximum Gasteiger partial charge on any atom is 0.320 e. The van der Waals surface area contributed by atoms with Crippen molar-refractivity contribution in [2.75, 3.05) is 13.7 Å². The van der Waals surface area contributed by atoms with Gasteiger partial charge in [-0.25, -0.2) is 0 Å². The third-order valence-corrected chi connectivity index (χ3v) is 5.72. The van der Waals surface area contributed by atoms with Crippen molar-refractivity contribution in [2.24, 2.45) is 0 Å². The molecule has 2 aromatic rings. The van der Waals surface area contributed by atoms with E-state index in [2.05, 4.69) is 23.3 Å². The first kappa shape index (κ1) is 17.0. The Morgan fingerprint density at radius 3 is 2.67 bits per heavy atom. The molecule has 0 bridgehead atoms. The summed E-state index contributed by atoms with van der Waals surface area (Å²) in [6.07, 6.45) is 2.74. The monoisotopic (exact) mass is 345 g/mol. The minimum absolute atomic E-state index is 0.0176. The van der Waals surface area contributed by atoms with Gasteiger partial charge in [-0.3, -0.25) is 9.69 Å². The van der Waals surface area contributed by atoms with E-state index in [0.717, 1.165) is 30.7 Å². The summed E-state index contributed by atoms with van der Waals surface area (Å²) in [5, 5.41) is 11.8. The number of carbonyl (C=O) groups is 1. The first-order valence-electron chi connectivity index (χ1n) is 8.27. The SMILES string of the molecule is COc1ccc(C(c2cc(C)cs2)N2CCCCC2C(=O)O)cc1. The number of carboxylic acids is 1. The molecule has 2 heterocycles. The topological polar surface area (TPSA) is 49.8 Å². The lowest BCUT2D eigenvalue weighted by atomic mass is 9.95. The number of nitrogens with zero attached hydrogens (tertiary/aromatic N) is 1. The van der Waals surface area contributed by atoms with Crippen molar-refractivity contribution >= 4 is 17.3 Å². The molecule has 1 aliphatic rings. The summed E-state index contributed by atoms with van der Waals surface area (Å²) >= 11 is 1.70. The van der Waals surface area contributed by atoms with Crippen LogP contribution < -0.4 is 4.74 Å². The Morgan fingerprint density at radius 1 is 1.33 bits per heavy atom. The molecular weight excluding hydrogens is 322 g/mol. The number of benzene rings is 1. The van der Waals surface area contributed by atoms with Gasteiger partial charge in [0.2, 0.25) is 0 Å². The fourth-order valence-electron chi connectivity index (χ4n) is 3.43. The Morgan fingerprint density at radius 2 is 2.08 bits per heavy atom. The standard InChI is InChI=1S/C19H23NO3S/c1-13-11-17(24-12-13)18(14-6-8-15(23-2)9-7-14)20-10-4-3-5-16(20)19(21)22/h6-9,11-12,16,18H,3-5,10H2,1-2H3,(H,21,22). The molecule has 1 fully saturated rings. The van der Waals surface area contributed by atoms with Crippen molar-refractivity contribution in [2.45, 2.75) is 38.3 Å². The lowest BCUT2D eigenvalue weighted by Gasteiger charge is -2.39. The number of aryl methyl sites for hydroxylation is 1. The van der Waals surface area contributed by atoms with Gasteiger partial charge in [-0.1, -0.05) is 18.6 Å². The third-order valence-electron chi connectivity index (χ3n) is 4.61. The van der Waals surface area contributed by atoms with Crippen molar-refractivity contribution in [1.29, 1.82) is 0 Å². The van der Waals surface area contributed by atoms with E-state index in [1.165, 1.54) is 10.4 Å². The molecule has 5 heteroatoms. The molecule has 2 unspecified atom stereocenters. The number of thiophene rings is 1. The molecule has 0 spiro atoms. The van der Waals surface area contributed by atoms with E-state index in [4.69, 9.17) is 4.74 Å². The molecule has 24 heavy (non-hydrogen) atoms. The predicted molar refractivity (Wildman–Crippen MR) is 95.9 cm³/mol. The molecule has 0 saturated carbocycles. The smallest absolute Gasteiger partial charge is 0.320 e. The number of hydrogen-bond donors (Lipinski definition) is 1. The summed E-state index contributed by atoms with van der Waals surface area (Å²) < 4.78 is 5.26. The average Bonchev–Trinajstić information content (AvgIpc) is 3.02. The predicted octanol–water partition coefficient (Wildman–Crippen LogP) is 4.09. The fourth-order valence-corrected chi connectivity index (χ4v) is 4.47. The highest BCUT2D eigenvalue weighted by Gasteiger charge is 2.35. The summed E-state index contributed by atoms with van der Waals surface area (Å²) in [6, 6.07) is 9.72. The number of aliphatic carboxylic acids is 1. The van der Waals surface area contributed by atoms with E-state index in [-0.39, 0.29) is 6.04 Å². The van der Waals surface area contributed by atoms with Crippen LogP contribution in [0.1, 0.15) is 41.3 Å². The summed E-state index contributed by atoms with van der Waals surface area (Å²) in [4.78, 5) is 15.1. The van der Waals surface area contributed by atoms with Crippen molar-refractivity contribution in [1.82, 2.24) is 4.90 Å². The number of ether oxygens (including phenoxy) is 1. The van der Waals surface area contributed by atoms with Crippen molar-refractivity contribution < 1.29 is 14.6 Å². The molecule has 1 N–H and O–H groups in total. The number of likely N-dealkylation sites (tertiary alicyclic amines) is 1. The van der Waals surface area contributed by atoms with Crippen molar-refractivity contribution in [3.63, 3.8) is 0 Å². The molecule has 0 amide bonds. The highest BCUT2D eigenvalue weighted by Crippen LogP contribution is 2.37. The average molecular weight is 345 g/mol. The maximum atomic E-state index is 11.8. The van der Waals surface area contributed by atoms with Crippen LogP contribution >= 0.6 is 11.3 Å². The first-order valence-corrected chi connectivity index (χ1v) is 9.15. The van der Waals surface area contributed by atoms with Crippen LogP contribution in [0.25, 0.3) is 0 Å². The van der Waals surface area contributed by atoms with E-state index >= 15 is 0 Å². The quantitative estimate of drug-likeness (QED) is 0.886. The van der Waals surface area contributed by atoms with Crippen LogP contribution in [0, 0.1) is 6.92 Å². The lowest BCUT2D eigenvalue weighted by Crippen LogP contribution is -2.46.